The maximum atomic E-state index is 12.0. The highest BCUT2D eigenvalue weighted by molar-refractivity contribution is 5.88. The maximum Gasteiger partial charge on any atom is 0.342 e. The van der Waals surface area contributed by atoms with Gasteiger partial charge < -0.3 is 14.8 Å². The van der Waals surface area contributed by atoms with Crippen molar-refractivity contribution in [3.63, 3.8) is 0 Å². The van der Waals surface area contributed by atoms with Crippen molar-refractivity contribution in [1.82, 2.24) is 20.6 Å². The monoisotopic (exact) mass is 362 g/mol. The third-order valence-electron chi connectivity index (χ3n) is 3.27. The van der Waals surface area contributed by atoms with Crippen LogP contribution in [-0.2, 0) is 4.79 Å². The van der Waals surface area contributed by atoms with Crippen LogP contribution >= 0.6 is 0 Å². The predicted octanol–water partition coefficient (Wildman–Crippen LogP) is -0.574. The van der Waals surface area contributed by atoms with Crippen LogP contribution in [0, 0.1) is 0 Å². The third-order valence-corrected chi connectivity index (χ3v) is 3.27. The molecule has 11 heteroatoms. The summed E-state index contributed by atoms with van der Waals surface area (Å²) in [6, 6.07) is 4.39. The number of hydrazone groups is 1. The number of benzene rings is 1. The first-order chi connectivity index (χ1) is 12.5. The molecule has 0 saturated carbocycles. The van der Waals surface area contributed by atoms with Crippen LogP contribution in [0.4, 0.5) is 5.82 Å². The number of hydrogen-bond donors (Lipinski definition) is 4. The van der Waals surface area contributed by atoms with Crippen molar-refractivity contribution >= 4 is 17.9 Å². The summed E-state index contributed by atoms with van der Waals surface area (Å²) in [5, 5.41) is 12.0. The molecule has 1 aromatic carbocycles. The van der Waals surface area contributed by atoms with E-state index in [2.05, 4.69) is 26.0 Å². The van der Waals surface area contributed by atoms with E-state index >= 15 is 0 Å². The number of H-pyrrole nitrogens is 2. The number of ether oxygens (including phenoxy) is 2. The molecule has 2 rings (SSSR count). The molecule has 138 valence electrons. The number of amides is 1. The predicted molar refractivity (Wildman–Crippen MR) is 93.8 cm³/mol. The number of nitrogens with zero attached hydrogens (tertiary/aromatic N) is 2. The zero-order chi connectivity index (χ0) is 19.1. The van der Waals surface area contributed by atoms with Crippen molar-refractivity contribution in [3.05, 3.63) is 44.6 Å². The molecule has 0 aliphatic rings. The molecule has 4 N–H and O–H groups in total. The second-order valence-corrected chi connectivity index (χ2v) is 5.04. The largest absolute Gasteiger partial charge is 0.493 e. The topological polar surface area (TPSA) is 151 Å². The Morgan fingerprint density at radius 1 is 1.31 bits per heavy atom. The molecule has 2 aromatic rings. The van der Waals surface area contributed by atoms with Crippen LogP contribution < -0.4 is 31.5 Å². The lowest BCUT2D eigenvalue weighted by Crippen LogP contribution is -2.38. The first kappa shape index (κ1) is 18.7. The summed E-state index contributed by atoms with van der Waals surface area (Å²) in [5.41, 5.74) is 1.45. The Labute approximate surface area is 147 Å². The summed E-state index contributed by atoms with van der Waals surface area (Å²) in [7, 11) is 3.01. The number of anilines is 1. The Morgan fingerprint density at radius 2 is 2.08 bits per heavy atom. The van der Waals surface area contributed by atoms with Crippen molar-refractivity contribution in [2.24, 2.45) is 5.10 Å². The first-order valence-corrected chi connectivity index (χ1v) is 7.45. The molecule has 1 atom stereocenters. The quantitative estimate of drug-likeness (QED) is 0.380. The Hall–Kier alpha value is -3.63. The second-order valence-electron chi connectivity index (χ2n) is 5.04. The summed E-state index contributed by atoms with van der Waals surface area (Å²) in [6.07, 6.45) is 1.40. The van der Waals surface area contributed by atoms with E-state index in [1.54, 1.807) is 18.2 Å². The van der Waals surface area contributed by atoms with Crippen LogP contribution in [0.5, 0.6) is 11.5 Å². The van der Waals surface area contributed by atoms with Crippen LogP contribution in [-0.4, -0.2) is 47.6 Å². The van der Waals surface area contributed by atoms with Crippen molar-refractivity contribution in [1.29, 1.82) is 0 Å². The number of aromatic amines is 2. The minimum Gasteiger partial charge on any atom is -0.493 e. The van der Waals surface area contributed by atoms with Crippen molar-refractivity contribution in [3.8, 4) is 11.5 Å². The lowest BCUT2D eigenvalue weighted by molar-refractivity contribution is -0.121. The molecule has 11 nitrogen and oxygen atoms in total. The van der Waals surface area contributed by atoms with Gasteiger partial charge in [0.1, 0.15) is 6.04 Å². The highest BCUT2D eigenvalue weighted by Crippen LogP contribution is 2.29. The molecule has 1 aromatic heterocycles. The lowest BCUT2D eigenvalue weighted by Gasteiger charge is -2.11. The van der Waals surface area contributed by atoms with Gasteiger partial charge in [0.05, 0.1) is 20.4 Å². The van der Waals surface area contributed by atoms with E-state index in [0.29, 0.717) is 17.1 Å². The molecule has 26 heavy (non-hydrogen) atoms. The molecular formula is C15H18N6O5. The molecule has 0 unspecified atom stereocenters. The number of rotatable bonds is 7. The number of methoxy groups -OCH3 is 2. The van der Waals surface area contributed by atoms with Gasteiger partial charge in [-0.25, -0.2) is 15.3 Å². The van der Waals surface area contributed by atoms with Crippen LogP contribution in [0.2, 0.25) is 0 Å². The SMILES string of the molecule is COc1cccc(C=NNC(=O)[C@@H](C)Nc2n[nH]c(=O)[nH]c2=O)c1OC. The van der Waals surface area contributed by atoms with Gasteiger partial charge in [-0.05, 0) is 19.1 Å². The van der Waals surface area contributed by atoms with Gasteiger partial charge in [0.25, 0.3) is 11.5 Å². The maximum absolute atomic E-state index is 12.0. The van der Waals surface area contributed by atoms with Gasteiger partial charge in [-0.2, -0.15) is 5.10 Å². The minimum absolute atomic E-state index is 0.189. The Bertz CT molecular complexity index is 919. The number of para-hydroxylation sites is 1. The fourth-order valence-corrected chi connectivity index (χ4v) is 1.99. The highest BCUT2D eigenvalue weighted by Gasteiger charge is 2.15. The molecule has 0 spiro atoms. The Balaban J connectivity index is 2.03. The second kappa shape index (κ2) is 8.46. The highest BCUT2D eigenvalue weighted by atomic mass is 16.5. The van der Waals surface area contributed by atoms with E-state index in [1.165, 1.54) is 27.4 Å². The van der Waals surface area contributed by atoms with Crippen molar-refractivity contribution < 1.29 is 14.3 Å². The fraction of sp³-hybridized carbons (Fsp3) is 0.267. The smallest absolute Gasteiger partial charge is 0.342 e. The van der Waals surface area contributed by atoms with E-state index in [9.17, 15) is 14.4 Å². The molecule has 0 aliphatic heterocycles. The molecule has 1 amide bonds. The zero-order valence-electron chi connectivity index (χ0n) is 14.3. The molecular weight excluding hydrogens is 344 g/mol. The van der Waals surface area contributed by atoms with Gasteiger partial charge in [-0.3, -0.25) is 14.6 Å². The van der Waals surface area contributed by atoms with Gasteiger partial charge in [0.15, 0.2) is 11.5 Å². The number of carbonyl (C=O) groups is 1. The van der Waals surface area contributed by atoms with Crippen LogP contribution in [0.1, 0.15) is 12.5 Å². The van der Waals surface area contributed by atoms with E-state index < -0.39 is 23.2 Å². The number of hydrogen-bond acceptors (Lipinski definition) is 8. The molecule has 0 aliphatic carbocycles. The van der Waals surface area contributed by atoms with Gasteiger partial charge >= 0.3 is 5.69 Å². The van der Waals surface area contributed by atoms with Crippen LogP contribution in [0.3, 0.4) is 0 Å². The summed E-state index contributed by atoms with van der Waals surface area (Å²) >= 11 is 0. The summed E-state index contributed by atoms with van der Waals surface area (Å²) < 4.78 is 10.4. The molecule has 0 radical (unpaired) electrons. The van der Waals surface area contributed by atoms with E-state index in [4.69, 9.17) is 9.47 Å². The standard InChI is InChI=1S/C15H18N6O5/c1-8(17-12-14(23)18-15(24)21-19-12)13(22)20-16-7-9-5-4-6-10(25-2)11(9)26-3/h4-8H,1-3H3,(H,17,19)(H,20,22)(H2,18,21,23,24)/t8-/m1/s1. The van der Waals surface area contributed by atoms with Gasteiger partial charge in [0, 0.05) is 5.56 Å². The normalized spacial score (nSPS) is 11.8. The third kappa shape index (κ3) is 4.47. The number of nitrogens with one attached hydrogen (secondary N) is 4. The van der Waals surface area contributed by atoms with Crippen LogP contribution in [0.15, 0.2) is 32.9 Å². The molecule has 0 fully saturated rings. The molecule has 0 bridgehead atoms. The average molecular weight is 362 g/mol. The summed E-state index contributed by atoms with van der Waals surface area (Å²) in [6.45, 7) is 1.50. The van der Waals surface area contributed by atoms with Gasteiger partial charge in [0.2, 0.25) is 5.82 Å². The van der Waals surface area contributed by atoms with Gasteiger partial charge in [-0.15, -0.1) is 5.10 Å². The molecule has 1 heterocycles. The van der Waals surface area contributed by atoms with Crippen molar-refractivity contribution in [2.45, 2.75) is 13.0 Å². The van der Waals surface area contributed by atoms with Gasteiger partial charge in [-0.1, -0.05) is 6.07 Å². The van der Waals surface area contributed by atoms with Crippen LogP contribution in [0.25, 0.3) is 0 Å². The zero-order valence-corrected chi connectivity index (χ0v) is 14.3. The first-order valence-electron chi connectivity index (χ1n) is 7.45. The van der Waals surface area contributed by atoms with E-state index in [0.717, 1.165) is 0 Å². The number of carbonyl (C=O) groups excluding carboxylic acids is 1. The Kier molecular flexibility index (Phi) is 6.09. The minimum atomic E-state index is -0.834. The number of aromatic nitrogens is 3. The Morgan fingerprint density at radius 3 is 2.73 bits per heavy atom. The summed E-state index contributed by atoms with van der Waals surface area (Å²) in [5.74, 6) is 0.297. The summed E-state index contributed by atoms with van der Waals surface area (Å²) in [4.78, 5) is 36.5. The van der Waals surface area contributed by atoms with Crippen molar-refractivity contribution in [2.75, 3.05) is 19.5 Å². The van der Waals surface area contributed by atoms with E-state index in [-0.39, 0.29) is 5.82 Å². The fourth-order valence-electron chi connectivity index (χ4n) is 1.99. The average Bonchev–Trinajstić information content (AvgIpc) is 2.63. The molecule has 0 saturated heterocycles. The lowest BCUT2D eigenvalue weighted by atomic mass is 10.2. The van der Waals surface area contributed by atoms with E-state index in [1.807, 2.05) is 4.98 Å².